The molecule has 264 valence electrons. The van der Waals surface area contributed by atoms with Crippen LogP contribution in [-0.2, 0) is 25.9 Å². The van der Waals surface area contributed by atoms with Gasteiger partial charge in [-0.15, -0.1) is 0 Å². The molecule has 6 aromatic rings. The Hall–Kier alpha value is -5.76. The highest BCUT2D eigenvalue weighted by Gasteiger charge is 2.31. The van der Waals surface area contributed by atoms with Crippen molar-refractivity contribution >= 4 is 23.2 Å². The summed E-state index contributed by atoms with van der Waals surface area (Å²) in [6, 6.07) is 28.6. The van der Waals surface area contributed by atoms with Crippen molar-refractivity contribution in [2.45, 2.75) is 79.3 Å². The van der Waals surface area contributed by atoms with Gasteiger partial charge in [0.1, 0.15) is 0 Å². The van der Waals surface area contributed by atoms with E-state index >= 15 is 0 Å². The normalized spacial score (nSPS) is 14.6. The third-order valence-electron chi connectivity index (χ3n) is 10.8. The van der Waals surface area contributed by atoms with E-state index in [2.05, 4.69) is 98.3 Å². The molecule has 8 heteroatoms. The van der Waals surface area contributed by atoms with E-state index in [1.807, 2.05) is 70.7 Å². The van der Waals surface area contributed by atoms with Gasteiger partial charge in [0.15, 0.2) is 0 Å². The van der Waals surface area contributed by atoms with Crippen LogP contribution in [0.5, 0.6) is 0 Å². The topological polar surface area (TPSA) is 98.0 Å². The zero-order valence-electron chi connectivity index (χ0n) is 30.8. The Morgan fingerprint density at radius 1 is 0.577 bits per heavy atom. The lowest BCUT2D eigenvalue weighted by Gasteiger charge is -2.19. The molecular weight excluding hydrogens is 645 g/mol. The van der Waals surface area contributed by atoms with Crippen molar-refractivity contribution in [3.63, 3.8) is 0 Å². The van der Waals surface area contributed by atoms with E-state index in [1.165, 1.54) is 44.8 Å². The molecular formula is C44H46N6O2. The van der Waals surface area contributed by atoms with E-state index in [1.54, 1.807) is 0 Å². The van der Waals surface area contributed by atoms with Gasteiger partial charge in [-0.1, -0.05) is 62.4 Å². The molecule has 0 spiro atoms. The number of anilines is 2. The van der Waals surface area contributed by atoms with Gasteiger partial charge in [-0.05, 0) is 133 Å². The molecule has 0 saturated heterocycles. The van der Waals surface area contributed by atoms with E-state index in [9.17, 15) is 9.59 Å². The Morgan fingerprint density at radius 3 is 1.35 bits per heavy atom. The van der Waals surface area contributed by atoms with Gasteiger partial charge in [0.05, 0.1) is 25.5 Å². The summed E-state index contributed by atoms with van der Waals surface area (Å²) in [7, 11) is 0. The van der Waals surface area contributed by atoms with Gasteiger partial charge in [0.2, 0.25) is 0 Å². The second kappa shape index (κ2) is 14.5. The second-order valence-electron chi connectivity index (χ2n) is 14.4. The van der Waals surface area contributed by atoms with Gasteiger partial charge in [-0.3, -0.25) is 19.8 Å². The molecule has 4 heterocycles. The first kappa shape index (κ1) is 34.7. The van der Waals surface area contributed by atoms with Crippen molar-refractivity contribution < 1.29 is 9.59 Å². The third-order valence-corrected chi connectivity index (χ3v) is 10.8. The molecule has 52 heavy (non-hydrogen) atoms. The van der Waals surface area contributed by atoms with Gasteiger partial charge in [-0.2, -0.15) is 10.2 Å². The summed E-state index contributed by atoms with van der Waals surface area (Å²) in [6.45, 7) is 14.0. The molecule has 0 radical (unpaired) electrons. The fraction of sp³-hybridized carbons (Fsp3) is 0.273. The van der Waals surface area contributed by atoms with Crippen LogP contribution in [0, 0.1) is 27.7 Å². The smallest absolute Gasteiger partial charge is 0.258 e. The summed E-state index contributed by atoms with van der Waals surface area (Å²) in [5, 5.41) is 14.4. The van der Waals surface area contributed by atoms with Gasteiger partial charge in [0.25, 0.3) is 11.8 Å². The van der Waals surface area contributed by atoms with Crippen molar-refractivity contribution in [1.82, 2.24) is 20.4 Å². The summed E-state index contributed by atoms with van der Waals surface area (Å²) in [4.78, 5) is 29.5. The molecule has 4 aromatic carbocycles. The highest BCUT2D eigenvalue weighted by Crippen LogP contribution is 2.34. The molecule has 0 unspecified atom stereocenters. The number of aromatic amines is 2. The molecule has 2 atom stereocenters. The number of carbonyl (C=O) groups is 2. The van der Waals surface area contributed by atoms with Gasteiger partial charge in [-0.25, -0.2) is 0 Å². The van der Waals surface area contributed by atoms with Gasteiger partial charge < -0.3 is 9.80 Å². The summed E-state index contributed by atoms with van der Waals surface area (Å²) in [6.07, 6.45) is 5.53. The maximum Gasteiger partial charge on any atom is 0.258 e. The summed E-state index contributed by atoms with van der Waals surface area (Å²) < 4.78 is 0. The zero-order valence-corrected chi connectivity index (χ0v) is 30.8. The monoisotopic (exact) mass is 690 g/mol. The SMILES string of the molecule is Cc1cn[nH]c1C[C@@H](C)c1cccc(N2Cc3c(C)cccc3C2=O)c1.Cc1cn[nH]c1C[C@H](C)c1cccc(N2Cc3c(C)cccc3C2=O)c1. The number of hydrogen-bond donors (Lipinski definition) is 2. The highest BCUT2D eigenvalue weighted by molar-refractivity contribution is 6.11. The Morgan fingerprint density at radius 2 is 0.981 bits per heavy atom. The number of carbonyl (C=O) groups excluding carboxylic acids is 2. The zero-order chi connectivity index (χ0) is 36.5. The van der Waals surface area contributed by atoms with Crippen LogP contribution in [0.3, 0.4) is 0 Å². The number of fused-ring (bicyclic) bond motifs is 2. The summed E-state index contributed by atoms with van der Waals surface area (Å²) >= 11 is 0. The van der Waals surface area contributed by atoms with Crippen molar-refractivity contribution in [3.05, 3.63) is 164 Å². The van der Waals surface area contributed by atoms with Crippen molar-refractivity contribution in [2.24, 2.45) is 0 Å². The van der Waals surface area contributed by atoms with Crippen LogP contribution in [0.1, 0.15) is 102 Å². The Kier molecular flexibility index (Phi) is 9.65. The standard InChI is InChI=1S/2C22H23N3O/c2*1-14-6-4-9-19-20(14)13-25(22(19)26)18-8-5-7-17(11-18)15(2)10-21-16(3)12-23-24-21/h2*4-9,11-12,15H,10,13H2,1-3H3,(H,23,24)/t2*15-/m10/s1. The quantitative estimate of drug-likeness (QED) is 0.167. The molecule has 2 N–H and O–H groups in total. The van der Waals surface area contributed by atoms with Crippen LogP contribution in [-0.4, -0.2) is 32.2 Å². The van der Waals surface area contributed by atoms with Crippen LogP contribution in [0.4, 0.5) is 11.4 Å². The lowest BCUT2D eigenvalue weighted by Crippen LogP contribution is -2.23. The molecule has 0 fully saturated rings. The second-order valence-corrected chi connectivity index (χ2v) is 14.4. The fourth-order valence-electron chi connectivity index (χ4n) is 7.40. The van der Waals surface area contributed by atoms with E-state index in [4.69, 9.17) is 0 Å². The predicted molar refractivity (Wildman–Crippen MR) is 207 cm³/mol. The van der Waals surface area contributed by atoms with Crippen molar-refractivity contribution in [3.8, 4) is 0 Å². The van der Waals surface area contributed by atoms with E-state index < -0.39 is 0 Å². The lowest BCUT2D eigenvalue weighted by molar-refractivity contribution is 0.0989. The molecule has 2 aliphatic heterocycles. The molecule has 0 saturated carbocycles. The number of nitrogens with zero attached hydrogens (tertiary/aromatic N) is 4. The highest BCUT2D eigenvalue weighted by atomic mass is 16.2. The van der Waals surface area contributed by atoms with Gasteiger partial charge in [0, 0.05) is 33.9 Å². The lowest BCUT2D eigenvalue weighted by atomic mass is 9.94. The Bertz CT molecular complexity index is 2110. The van der Waals surface area contributed by atoms with Crippen LogP contribution in [0.15, 0.2) is 97.3 Å². The van der Waals surface area contributed by atoms with Crippen LogP contribution < -0.4 is 9.80 Å². The number of aromatic nitrogens is 4. The molecule has 8 rings (SSSR count). The van der Waals surface area contributed by atoms with Crippen LogP contribution >= 0.6 is 0 Å². The van der Waals surface area contributed by atoms with Crippen LogP contribution in [0.25, 0.3) is 0 Å². The number of benzene rings is 4. The summed E-state index contributed by atoms with van der Waals surface area (Å²) in [5.41, 5.74) is 15.4. The first-order chi connectivity index (χ1) is 25.1. The minimum atomic E-state index is 0.0953. The number of H-pyrrole nitrogens is 2. The number of nitrogens with one attached hydrogen (secondary N) is 2. The minimum absolute atomic E-state index is 0.0953. The molecule has 0 bridgehead atoms. The first-order valence-corrected chi connectivity index (χ1v) is 18.1. The predicted octanol–water partition coefficient (Wildman–Crippen LogP) is 9.07. The maximum absolute atomic E-state index is 12.8. The van der Waals surface area contributed by atoms with E-state index in [-0.39, 0.29) is 11.8 Å². The fourth-order valence-corrected chi connectivity index (χ4v) is 7.40. The third kappa shape index (κ3) is 6.81. The van der Waals surface area contributed by atoms with Crippen molar-refractivity contribution in [1.29, 1.82) is 0 Å². The average molecular weight is 691 g/mol. The molecule has 8 nitrogen and oxygen atoms in total. The summed E-state index contributed by atoms with van der Waals surface area (Å²) in [5.74, 6) is 0.877. The largest absolute Gasteiger partial charge is 0.304 e. The first-order valence-electron chi connectivity index (χ1n) is 18.1. The number of hydrogen-bond acceptors (Lipinski definition) is 4. The van der Waals surface area contributed by atoms with Gasteiger partial charge >= 0.3 is 0 Å². The molecule has 2 aliphatic rings. The maximum atomic E-state index is 12.8. The minimum Gasteiger partial charge on any atom is -0.304 e. The van der Waals surface area contributed by atoms with Crippen molar-refractivity contribution in [2.75, 3.05) is 9.80 Å². The van der Waals surface area contributed by atoms with E-state index in [0.29, 0.717) is 24.9 Å². The average Bonchev–Trinajstić information content (AvgIpc) is 3.92. The molecule has 0 aliphatic carbocycles. The Balaban J connectivity index is 0.000000162. The Labute approximate surface area is 305 Å². The molecule has 2 aromatic heterocycles. The number of rotatable bonds is 8. The van der Waals surface area contributed by atoms with Crippen LogP contribution in [0.2, 0.25) is 0 Å². The molecule has 2 amide bonds. The number of amides is 2. The van der Waals surface area contributed by atoms with E-state index in [0.717, 1.165) is 46.5 Å². The number of aryl methyl sites for hydroxylation is 4.